The Hall–Kier alpha value is -0.370. The van der Waals surface area contributed by atoms with Crippen LogP contribution in [0.2, 0.25) is 0 Å². The van der Waals surface area contributed by atoms with E-state index in [2.05, 4.69) is 19.2 Å². The van der Waals surface area contributed by atoms with Gasteiger partial charge in [0.1, 0.15) is 0 Å². The molecule has 0 saturated carbocycles. The molecule has 0 aromatic rings. The van der Waals surface area contributed by atoms with Gasteiger partial charge in [0.05, 0.1) is 12.3 Å². The Morgan fingerprint density at radius 1 is 1.45 bits per heavy atom. The van der Waals surface area contributed by atoms with Crippen molar-refractivity contribution in [3.05, 3.63) is 0 Å². The SMILES string of the molecule is CC(C)CC(C)(CN)NC(=O)CN1CCCS1(=O)=O.Cl. The second kappa shape index (κ2) is 7.59. The van der Waals surface area contributed by atoms with E-state index in [4.69, 9.17) is 5.73 Å². The van der Waals surface area contributed by atoms with E-state index in [1.165, 1.54) is 4.31 Å². The molecule has 1 heterocycles. The van der Waals surface area contributed by atoms with Crippen LogP contribution in [0.4, 0.5) is 0 Å². The Kier molecular flexibility index (Phi) is 7.44. The third kappa shape index (κ3) is 5.55. The molecule has 1 aliphatic heterocycles. The maximum Gasteiger partial charge on any atom is 0.235 e. The minimum absolute atomic E-state index is 0. The highest BCUT2D eigenvalue weighted by molar-refractivity contribution is 7.89. The number of hydrogen-bond acceptors (Lipinski definition) is 4. The molecule has 1 unspecified atom stereocenters. The molecule has 120 valence electrons. The molecule has 20 heavy (non-hydrogen) atoms. The van der Waals surface area contributed by atoms with Crippen LogP contribution >= 0.6 is 12.4 Å². The van der Waals surface area contributed by atoms with Gasteiger partial charge in [0.25, 0.3) is 0 Å². The average molecular weight is 328 g/mol. The van der Waals surface area contributed by atoms with Crippen LogP contribution in [0.5, 0.6) is 0 Å². The Balaban J connectivity index is 0.00000361. The lowest BCUT2D eigenvalue weighted by Crippen LogP contribution is -2.54. The number of carbonyl (C=O) groups is 1. The van der Waals surface area contributed by atoms with Crippen LogP contribution in [-0.2, 0) is 14.8 Å². The van der Waals surface area contributed by atoms with Gasteiger partial charge in [-0.05, 0) is 25.7 Å². The summed E-state index contributed by atoms with van der Waals surface area (Å²) in [6.07, 6.45) is 1.36. The molecule has 3 N–H and O–H groups in total. The summed E-state index contributed by atoms with van der Waals surface area (Å²) in [4.78, 5) is 12.0. The number of nitrogens with two attached hydrogens (primary N) is 1. The number of amides is 1. The lowest BCUT2D eigenvalue weighted by molar-refractivity contribution is -0.123. The van der Waals surface area contributed by atoms with E-state index >= 15 is 0 Å². The van der Waals surface area contributed by atoms with Gasteiger partial charge in [-0.3, -0.25) is 4.79 Å². The minimum atomic E-state index is -3.23. The molecule has 1 aliphatic rings. The van der Waals surface area contributed by atoms with Crippen LogP contribution in [0, 0.1) is 5.92 Å². The zero-order valence-corrected chi connectivity index (χ0v) is 14.0. The largest absolute Gasteiger partial charge is 0.349 e. The number of hydrogen-bond donors (Lipinski definition) is 2. The zero-order valence-electron chi connectivity index (χ0n) is 12.4. The highest BCUT2D eigenvalue weighted by atomic mass is 35.5. The van der Waals surface area contributed by atoms with Crippen LogP contribution in [0.1, 0.15) is 33.6 Å². The molecule has 1 rings (SSSR count). The topological polar surface area (TPSA) is 92.5 Å². The lowest BCUT2D eigenvalue weighted by Gasteiger charge is -2.31. The van der Waals surface area contributed by atoms with E-state index in [1.807, 2.05) is 6.92 Å². The molecule has 8 heteroatoms. The maximum atomic E-state index is 12.0. The van der Waals surface area contributed by atoms with Crippen molar-refractivity contribution in [3.63, 3.8) is 0 Å². The third-order valence-electron chi connectivity index (χ3n) is 3.27. The number of nitrogens with zero attached hydrogens (tertiary/aromatic N) is 1. The molecule has 0 aromatic heterocycles. The van der Waals surface area contributed by atoms with Crippen molar-refractivity contribution < 1.29 is 13.2 Å². The standard InChI is InChI=1S/C12H25N3O3S.ClH/c1-10(2)7-12(3,9-13)14-11(16)8-15-5-4-6-19(15,17)18;/h10H,4-9,13H2,1-3H3,(H,14,16);1H. The molecular weight excluding hydrogens is 302 g/mol. The van der Waals surface area contributed by atoms with E-state index in [1.54, 1.807) is 0 Å². The molecule has 1 atom stereocenters. The summed E-state index contributed by atoms with van der Waals surface area (Å²) in [5.41, 5.74) is 5.24. The van der Waals surface area contributed by atoms with Crippen LogP contribution in [0.15, 0.2) is 0 Å². The Morgan fingerprint density at radius 2 is 2.05 bits per heavy atom. The van der Waals surface area contributed by atoms with E-state index in [-0.39, 0.29) is 30.6 Å². The van der Waals surface area contributed by atoms with Crippen molar-refractivity contribution in [2.24, 2.45) is 11.7 Å². The first kappa shape index (κ1) is 19.6. The maximum absolute atomic E-state index is 12.0. The van der Waals surface area contributed by atoms with Gasteiger partial charge in [-0.25, -0.2) is 8.42 Å². The Labute approximate surface area is 127 Å². The number of carbonyl (C=O) groups excluding carboxylic acids is 1. The van der Waals surface area contributed by atoms with E-state index in [0.717, 1.165) is 6.42 Å². The van der Waals surface area contributed by atoms with Crippen molar-refractivity contribution in [2.45, 2.75) is 39.2 Å². The van der Waals surface area contributed by atoms with Crippen molar-refractivity contribution in [1.29, 1.82) is 0 Å². The molecule has 6 nitrogen and oxygen atoms in total. The van der Waals surface area contributed by atoms with E-state index in [0.29, 0.717) is 25.4 Å². The third-order valence-corrected chi connectivity index (χ3v) is 5.18. The first-order valence-corrected chi connectivity index (χ1v) is 8.28. The number of nitrogens with one attached hydrogen (secondary N) is 1. The average Bonchev–Trinajstić information content (AvgIpc) is 2.56. The molecule has 0 radical (unpaired) electrons. The first-order valence-electron chi connectivity index (χ1n) is 6.67. The van der Waals surface area contributed by atoms with Gasteiger partial charge in [0, 0.05) is 18.6 Å². The first-order chi connectivity index (χ1) is 8.68. The predicted octanol–water partition coefficient (Wildman–Crippen LogP) is 0.323. The van der Waals surface area contributed by atoms with Crippen LogP contribution in [-0.4, -0.2) is 49.6 Å². The fraction of sp³-hybridized carbons (Fsp3) is 0.917. The molecule has 0 bridgehead atoms. The van der Waals surface area contributed by atoms with Gasteiger partial charge in [0.2, 0.25) is 15.9 Å². The second-order valence-corrected chi connectivity index (χ2v) is 8.00. The van der Waals surface area contributed by atoms with Crippen molar-refractivity contribution in [3.8, 4) is 0 Å². The van der Waals surface area contributed by atoms with Gasteiger partial charge in [0.15, 0.2) is 0 Å². The molecule has 1 saturated heterocycles. The van der Waals surface area contributed by atoms with Gasteiger partial charge in [-0.2, -0.15) is 4.31 Å². The van der Waals surface area contributed by atoms with Gasteiger partial charge in [-0.15, -0.1) is 12.4 Å². The van der Waals surface area contributed by atoms with Crippen molar-refractivity contribution in [2.75, 3.05) is 25.4 Å². The summed E-state index contributed by atoms with van der Waals surface area (Å²) in [6.45, 7) is 6.68. The van der Waals surface area contributed by atoms with Crippen LogP contribution in [0.25, 0.3) is 0 Å². The van der Waals surface area contributed by atoms with Crippen LogP contribution < -0.4 is 11.1 Å². The van der Waals surface area contributed by atoms with E-state index < -0.39 is 15.6 Å². The lowest BCUT2D eigenvalue weighted by atomic mass is 9.91. The van der Waals surface area contributed by atoms with Crippen molar-refractivity contribution >= 4 is 28.3 Å². The molecular formula is C12H26ClN3O3S. The molecule has 0 spiro atoms. The molecule has 1 amide bonds. The monoisotopic (exact) mass is 327 g/mol. The number of sulfonamides is 1. The molecule has 0 aromatic carbocycles. The number of halogens is 1. The fourth-order valence-corrected chi connectivity index (χ4v) is 3.96. The zero-order chi connectivity index (χ0) is 14.7. The summed E-state index contributed by atoms with van der Waals surface area (Å²) < 4.78 is 24.5. The molecule has 1 fully saturated rings. The quantitative estimate of drug-likeness (QED) is 0.735. The minimum Gasteiger partial charge on any atom is -0.349 e. The summed E-state index contributed by atoms with van der Waals surface area (Å²) >= 11 is 0. The molecule has 0 aliphatic carbocycles. The Bertz CT molecular complexity index is 428. The van der Waals surface area contributed by atoms with Gasteiger partial charge >= 0.3 is 0 Å². The summed E-state index contributed by atoms with van der Waals surface area (Å²) in [6, 6.07) is 0. The summed E-state index contributed by atoms with van der Waals surface area (Å²) in [7, 11) is -3.23. The summed E-state index contributed by atoms with van der Waals surface area (Å²) in [5, 5.41) is 2.87. The van der Waals surface area contributed by atoms with Gasteiger partial charge in [-0.1, -0.05) is 13.8 Å². The highest BCUT2D eigenvalue weighted by Crippen LogP contribution is 2.16. The summed E-state index contributed by atoms with van der Waals surface area (Å²) in [5.74, 6) is 0.268. The van der Waals surface area contributed by atoms with E-state index in [9.17, 15) is 13.2 Å². The Morgan fingerprint density at radius 3 is 2.45 bits per heavy atom. The second-order valence-electron chi connectivity index (χ2n) is 5.91. The normalized spacial score (nSPS) is 21.2. The predicted molar refractivity (Wildman–Crippen MR) is 82.3 cm³/mol. The highest BCUT2D eigenvalue weighted by Gasteiger charge is 2.32. The smallest absolute Gasteiger partial charge is 0.235 e. The van der Waals surface area contributed by atoms with Crippen molar-refractivity contribution in [1.82, 2.24) is 9.62 Å². The number of rotatable bonds is 6. The fourth-order valence-electron chi connectivity index (χ4n) is 2.49. The van der Waals surface area contributed by atoms with Crippen LogP contribution in [0.3, 0.4) is 0 Å². The van der Waals surface area contributed by atoms with Gasteiger partial charge < -0.3 is 11.1 Å².